The Bertz CT molecular complexity index is 156. The minimum absolute atomic E-state index is 0. The molecule has 0 saturated carbocycles. The Hall–Kier alpha value is -0.320. The van der Waals surface area contributed by atoms with Gasteiger partial charge in [-0.3, -0.25) is 4.79 Å². The Labute approximate surface area is 98.6 Å². The Morgan fingerprint density at radius 1 is 1.33 bits per heavy atom. The van der Waals surface area contributed by atoms with Crippen molar-refractivity contribution in [2.24, 2.45) is 5.92 Å². The zero-order valence-corrected chi connectivity index (χ0v) is 10.7. The second kappa shape index (κ2) is 11.8. The number of carbonyl (C=O) groups excluding carboxylic acids is 1. The monoisotopic (exact) mass is 238 g/mol. The number of hydrogen-bond acceptors (Lipinski definition) is 3. The molecule has 0 saturated heterocycles. The standard InChI is InChI=1S/C10H22N2O2.ClH/c1-4-9(2)10(13)12-6-5-11-7-8-14-3;/h9,11H,4-8H2,1-3H3,(H,12,13);1H. The second-order valence-corrected chi connectivity index (χ2v) is 3.34. The molecule has 1 atom stereocenters. The van der Waals surface area contributed by atoms with Crippen molar-refractivity contribution in [2.75, 3.05) is 33.4 Å². The van der Waals surface area contributed by atoms with Gasteiger partial charge in [0.05, 0.1) is 6.61 Å². The lowest BCUT2D eigenvalue weighted by Gasteiger charge is -2.10. The predicted octanol–water partition coefficient (Wildman–Crippen LogP) is 0.807. The third-order valence-electron chi connectivity index (χ3n) is 2.14. The van der Waals surface area contributed by atoms with Gasteiger partial charge in [0.1, 0.15) is 0 Å². The van der Waals surface area contributed by atoms with Crippen LogP contribution in [0.5, 0.6) is 0 Å². The number of rotatable bonds is 8. The van der Waals surface area contributed by atoms with E-state index in [1.54, 1.807) is 7.11 Å². The fourth-order valence-electron chi connectivity index (χ4n) is 0.933. The van der Waals surface area contributed by atoms with E-state index in [1.807, 2.05) is 13.8 Å². The predicted molar refractivity (Wildman–Crippen MR) is 64.5 cm³/mol. The van der Waals surface area contributed by atoms with E-state index in [1.165, 1.54) is 0 Å². The Balaban J connectivity index is 0. The van der Waals surface area contributed by atoms with Gasteiger partial charge in [-0.25, -0.2) is 0 Å². The summed E-state index contributed by atoms with van der Waals surface area (Å²) < 4.78 is 4.88. The van der Waals surface area contributed by atoms with Crippen LogP contribution >= 0.6 is 12.4 Å². The van der Waals surface area contributed by atoms with E-state index >= 15 is 0 Å². The van der Waals surface area contributed by atoms with Gasteiger partial charge in [0.25, 0.3) is 0 Å². The van der Waals surface area contributed by atoms with Crippen LogP contribution in [0.3, 0.4) is 0 Å². The third-order valence-corrected chi connectivity index (χ3v) is 2.14. The Kier molecular flexibility index (Phi) is 13.4. The molecule has 0 fully saturated rings. The van der Waals surface area contributed by atoms with Crippen molar-refractivity contribution in [1.82, 2.24) is 10.6 Å². The van der Waals surface area contributed by atoms with Gasteiger partial charge in [-0.05, 0) is 6.42 Å². The molecule has 1 unspecified atom stereocenters. The van der Waals surface area contributed by atoms with Gasteiger partial charge in [-0.15, -0.1) is 12.4 Å². The number of hydrogen-bond donors (Lipinski definition) is 2. The molecular formula is C10H23ClN2O2. The molecule has 0 aliphatic heterocycles. The van der Waals surface area contributed by atoms with E-state index in [4.69, 9.17) is 4.74 Å². The van der Waals surface area contributed by atoms with Crippen molar-refractivity contribution in [3.63, 3.8) is 0 Å². The van der Waals surface area contributed by atoms with E-state index < -0.39 is 0 Å². The summed E-state index contributed by atoms with van der Waals surface area (Å²) in [6.07, 6.45) is 0.892. The van der Waals surface area contributed by atoms with Crippen LogP contribution in [0.1, 0.15) is 20.3 Å². The number of carbonyl (C=O) groups is 1. The van der Waals surface area contributed by atoms with Crippen molar-refractivity contribution in [3.8, 4) is 0 Å². The molecule has 4 nitrogen and oxygen atoms in total. The molecule has 2 N–H and O–H groups in total. The highest BCUT2D eigenvalue weighted by Crippen LogP contribution is 1.98. The van der Waals surface area contributed by atoms with Crippen LogP contribution < -0.4 is 10.6 Å². The summed E-state index contributed by atoms with van der Waals surface area (Å²) in [5.74, 6) is 0.259. The molecule has 92 valence electrons. The van der Waals surface area contributed by atoms with Crippen LogP contribution in [0.15, 0.2) is 0 Å². The average molecular weight is 239 g/mol. The van der Waals surface area contributed by atoms with E-state index in [9.17, 15) is 4.79 Å². The average Bonchev–Trinajstić information content (AvgIpc) is 2.21. The van der Waals surface area contributed by atoms with Gasteiger partial charge in [-0.2, -0.15) is 0 Å². The maximum Gasteiger partial charge on any atom is 0.222 e. The molecule has 0 aliphatic rings. The van der Waals surface area contributed by atoms with Crippen LogP contribution in [-0.4, -0.2) is 39.3 Å². The van der Waals surface area contributed by atoms with Crippen molar-refractivity contribution >= 4 is 18.3 Å². The molecule has 0 aliphatic carbocycles. The van der Waals surface area contributed by atoms with Crippen molar-refractivity contribution < 1.29 is 9.53 Å². The minimum atomic E-state index is 0. The number of ether oxygens (including phenoxy) is 1. The fraction of sp³-hybridized carbons (Fsp3) is 0.900. The maximum atomic E-state index is 11.3. The molecule has 0 radical (unpaired) electrons. The first kappa shape index (κ1) is 17.1. The number of halogens is 1. The third kappa shape index (κ3) is 9.97. The first-order valence-electron chi connectivity index (χ1n) is 5.19. The number of nitrogens with one attached hydrogen (secondary N) is 2. The van der Waals surface area contributed by atoms with Crippen LogP contribution in [-0.2, 0) is 9.53 Å². The first-order chi connectivity index (χ1) is 6.72. The summed E-state index contributed by atoms with van der Waals surface area (Å²) in [5.41, 5.74) is 0. The van der Waals surface area contributed by atoms with E-state index in [0.717, 1.165) is 19.5 Å². The van der Waals surface area contributed by atoms with Crippen LogP contribution in [0.2, 0.25) is 0 Å². The largest absolute Gasteiger partial charge is 0.383 e. The van der Waals surface area contributed by atoms with Crippen LogP contribution in [0.4, 0.5) is 0 Å². The number of amides is 1. The van der Waals surface area contributed by atoms with Crippen LogP contribution in [0.25, 0.3) is 0 Å². The van der Waals surface area contributed by atoms with Crippen molar-refractivity contribution in [3.05, 3.63) is 0 Å². The Morgan fingerprint density at radius 2 is 2.00 bits per heavy atom. The van der Waals surface area contributed by atoms with Gasteiger partial charge in [0.15, 0.2) is 0 Å². The van der Waals surface area contributed by atoms with Gasteiger partial charge in [0, 0.05) is 32.7 Å². The highest BCUT2D eigenvalue weighted by molar-refractivity contribution is 5.85. The lowest BCUT2D eigenvalue weighted by atomic mass is 10.1. The summed E-state index contributed by atoms with van der Waals surface area (Å²) in [6.45, 7) is 6.97. The molecular weight excluding hydrogens is 216 g/mol. The summed E-state index contributed by atoms with van der Waals surface area (Å²) in [5, 5.41) is 6.03. The summed E-state index contributed by atoms with van der Waals surface area (Å²) in [7, 11) is 1.67. The molecule has 1 amide bonds. The van der Waals surface area contributed by atoms with Gasteiger partial charge >= 0.3 is 0 Å². The molecule has 0 aromatic heterocycles. The Morgan fingerprint density at radius 3 is 2.53 bits per heavy atom. The quantitative estimate of drug-likeness (QED) is 0.616. The normalized spacial score (nSPS) is 11.7. The smallest absolute Gasteiger partial charge is 0.222 e. The van der Waals surface area contributed by atoms with E-state index in [0.29, 0.717) is 13.2 Å². The highest BCUT2D eigenvalue weighted by Gasteiger charge is 2.08. The molecule has 0 rings (SSSR count). The van der Waals surface area contributed by atoms with Crippen LogP contribution in [0, 0.1) is 5.92 Å². The lowest BCUT2D eigenvalue weighted by Crippen LogP contribution is -2.35. The molecule has 0 spiro atoms. The fourth-order valence-corrected chi connectivity index (χ4v) is 0.933. The van der Waals surface area contributed by atoms with Gasteiger partial charge in [0.2, 0.25) is 5.91 Å². The summed E-state index contributed by atoms with van der Waals surface area (Å²) in [6, 6.07) is 0. The molecule has 0 aromatic rings. The maximum absolute atomic E-state index is 11.3. The van der Waals surface area contributed by atoms with E-state index in [-0.39, 0.29) is 24.2 Å². The number of methoxy groups -OCH3 is 1. The van der Waals surface area contributed by atoms with E-state index in [2.05, 4.69) is 10.6 Å². The first-order valence-corrected chi connectivity index (χ1v) is 5.19. The zero-order valence-electron chi connectivity index (χ0n) is 9.84. The van der Waals surface area contributed by atoms with Gasteiger partial charge < -0.3 is 15.4 Å². The van der Waals surface area contributed by atoms with Crippen molar-refractivity contribution in [1.29, 1.82) is 0 Å². The second-order valence-electron chi connectivity index (χ2n) is 3.34. The molecule has 0 aromatic carbocycles. The topological polar surface area (TPSA) is 50.4 Å². The summed E-state index contributed by atoms with van der Waals surface area (Å²) >= 11 is 0. The van der Waals surface area contributed by atoms with Gasteiger partial charge in [-0.1, -0.05) is 13.8 Å². The SMILES string of the molecule is CCC(C)C(=O)NCCNCCOC.Cl. The molecule has 5 heteroatoms. The van der Waals surface area contributed by atoms with Crippen molar-refractivity contribution in [2.45, 2.75) is 20.3 Å². The lowest BCUT2D eigenvalue weighted by molar-refractivity contribution is -0.124. The highest BCUT2D eigenvalue weighted by atomic mass is 35.5. The molecule has 0 bridgehead atoms. The minimum Gasteiger partial charge on any atom is -0.383 e. The molecule has 15 heavy (non-hydrogen) atoms. The zero-order chi connectivity index (χ0) is 10.8. The molecule has 0 heterocycles. The summed E-state index contributed by atoms with van der Waals surface area (Å²) in [4.78, 5) is 11.3.